The zero-order valence-corrected chi connectivity index (χ0v) is 14.3. The largest absolute Gasteiger partial charge is 0.387 e. The van der Waals surface area contributed by atoms with Crippen molar-refractivity contribution < 1.29 is 13.5 Å². The Balaban J connectivity index is 2.27. The molecule has 0 saturated heterocycles. The normalized spacial score (nSPS) is 13.1. The summed E-state index contributed by atoms with van der Waals surface area (Å²) in [7, 11) is -3.52. The summed E-state index contributed by atoms with van der Waals surface area (Å²) in [6.45, 7) is 3.78. The van der Waals surface area contributed by atoms with Crippen LogP contribution >= 0.6 is 15.9 Å². The molecule has 0 saturated carbocycles. The van der Waals surface area contributed by atoms with E-state index in [4.69, 9.17) is 0 Å². The first kappa shape index (κ1) is 16.2. The van der Waals surface area contributed by atoms with E-state index < -0.39 is 15.9 Å². The Labute approximate surface area is 133 Å². The minimum atomic E-state index is -3.52. The summed E-state index contributed by atoms with van der Waals surface area (Å²) in [4.78, 5) is 0.218. The lowest BCUT2D eigenvalue weighted by molar-refractivity contribution is 0.201. The SMILES string of the molecule is Cc1ccc(C)c(C(O)CS(=O)(=O)c2ccc(Br)cc2)c1. The van der Waals surface area contributed by atoms with E-state index in [1.165, 1.54) is 12.1 Å². The first-order valence-electron chi connectivity index (χ1n) is 6.53. The molecule has 0 heterocycles. The Morgan fingerprint density at radius 3 is 2.33 bits per heavy atom. The number of hydrogen-bond donors (Lipinski definition) is 1. The minimum absolute atomic E-state index is 0.218. The van der Waals surface area contributed by atoms with Crippen LogP contribution in [0.25, 0.3) is 0 Å². The van der Waals surface area contributed by atoms with Crippen LogP contribution in [0.4, 0.5) is 0 Å². The van der Waals surface area contributed by atoms with Crippen LogP contribution in [0.2, 0.25) is 0 Å². The molecule has 0 radical (unpaired) electrons. The number of aliphatic hydroxyl groups is 1. The van der Waals surface area contributed by atoms with Crippen molar-refractivity contribution in [3.05, 3.63) is 63.6 Å². The van der Waals surface area contributed by atoms with Crippen LogP contribution < -0.4 is 0 Å². The topological polar surface area (TPSA) is 54.4 Å². The second-order valence-electron chi connectivity index (χ2n) is 5.11. The van der Waals surface area contributed by atoms with Gasteiger partial charge >= 0.3 is 0 Å². The molecule has 0 spiro atoms. The van der Waals surface area contributed by atoms with Crippen LogP contribution in [0.5, 0.6) is 0 Å². The second-order valence-corrected chi connectivity index (χ2v) is 8.06. The van der Waals surface area contributed by atoms with Crippen LogP contribution in [-0.4, -0.2) is 19.3 Å². The van der Waals surface area contributed by atoms with E-state index in [9.17, 15) is 13.5 Å². The van der Waals surface area contributed by atoms with E-state index in [1.807, 2.05) is 32.0 Å². The molecule has 1 atom stereocenters. The Kier molecular flexibility index (Phi) is 4.86. The maximum absolute atomic E-state index is 12.3. The Morgan fingerprint density at radius 2 is 1.71 bits per heavy atom. The standard InChI is InChI=1S/C16H17BrO3S/c1-11-3-4-12(2)15(9-11)16(18)10-21(19,20)14-7-5-13(17)6-8-14/h3-9,16,18H,10H2,1-2H3. The summed E-state index contributed by atoms with van der Waals surface area (Å²) >= 11 is 3.27. The van der Waals surface area contributed by atoms with Crippen LogP contribution in [0.1, 0.15) is 22.8 Å². The van der Waals surface area contributed by atoms with Gasteiger partial charge in [-0.25, -0.2) is 8.42 Å². The van der Waals surface area contributed by atoms with Crippen LogP contribution in [0, 0.1) is 13.8 Å². The molecule has 2 rings (SSSR count). The van der Waals surface area contributed by atoms with Crippen molar-refractivity contribution in [2.75, 3.05) is 5.75 Å². The summed E-state index contributed by atoms with van der Waals surface area (Å²) in [6.07, 6.45) is -1.03. The molecule has 21 heavy (non-hydrogen) atoms. The summed E-state index contributed by atoms with van der Waals surface area (Å²) in [5, 5.41) is 10.3. The van der Waals surface area contributed by atoms with Gasteiger partial charge in [-0.2, -0.15) is 0 Å². The number of aryl methyl sites for hydroxylation is 2. The highest BCUT2D eigenvalue weighted by Gasteiger charge is 2.22. The summed E-state index contributed by atoms with van der Waals surface area (Å²) in [6, 6.07) is 12.1. The van der Waals surface area contributed by atoms with E-state index in [-0.39, 0.29) is 10.6 Å². The molecule has 0 aliphatic heterocycles. The predicted octanol–water partition coefficient (Wildman–Crippen LogP) is 3.57. The lowest BCUT2D eigenvalue weighted by Crippen LogP contribution is -2.15. The third-order valence-corrected chi connectivity index (χ3v) is 5.62. The molecule has 112 valence electrons. The third kappa shape index (κ3) is 3.93. The highest BCUT2D eigenvalue weighted by molar-refractivity contribution is 9.10. The fourth-order valence-electron chi connectivity index (χ4n) is 2.15. The Bertz CT molecular complexity index is 737. The maximum atomic E-state index is 12.3. The minimum Gasteiger partial charge on any atom is -0.387 e. The van der Waals surface area contributed by atoms with Crippen LogP contribution in [-0.2, 0) is 9.84 Å². The monoisotopic (exact) mass is 368 g/mol. The predicted molar refractivity (Wildman–Crippen MR) is 87.1 cm³/mol. The molecule has 2 aromatic carbocycles. The molecule has 0 bridgehead atoms. The third-order valence-electron chi connectivity index (χ3n) is 3.34. The quantitative estimate of drug-likeness (QED) is 0.897. The summed E-state index contributed by atoms with van der Waals surface area (Å²) < 4.78 is 25.5. The highest BCUT2D eigenvalue weighted by Crippen LogP contribution is 2.24. The molecule has 1 unspecified atom stereocenters. The molecule has 0 aliphatic carbocycles. The molecule has 3 nitrogen and oxygen atoms in total. The van der Waals surface area contributed by atoms with Gasteiger partial charge in [-0.05, 0) is 49.2 Å². The number of halogens is 1. The smallest absolute Gasteiger partial charge is 0.181 e. The lowest BCUT2D eigenvalue weighted by Gasteiger charge is -2.15. The summed E-state index contributed by atoms with van der Waals surface area (Å²) in [5.74, 6) is -0.321. The van der Waals surface area contributed by atoms with Crippen molar-refractivity contribution in [2.24, 2.45) is 0 Å². The molecule has 0 aromatic heterocycles. The lowest BCUT2D eigenvalue weighted by atomic mass is 10.0. The van der Waals surface area contributed by atoms with Gasteiger partial charge in [0.25, 0.3) is 0 Å². The first-order chi connectivity index (χ1) is 9.79. The number of rotatable bonds is 4. The second kappa shape index (κ2) is 6.30. The zero-order chi connectivity index (χ0) is 15.6. The van der Waals surface area contributed by atoms with Gasteiger partial charge in [0, 0.05) is 4.47 Å². The van der Waals surface area contributed by atoms with Crippen molar-refractivity contribution in [1.82, 2.24) is 0 Å². The molecule has 0 fully saturated rings. The number of benzene rings is 2. The Hall–Kier alpha value is -1.17. The van der Waals surface area contributed by atoms with Gasteiger partial charge in [0.2, 0.25) is 0 Å². The van der Waals surface area contributed by atoms with E-state index >= 15 is 0 Å². The van der Waals surface area contributed by atoms with E-state index in [1.54, 1.807) is 12.1 Å². The molecule has 5 heteroatoms. The van der Waals surface area contributed by atoms with Gasteiger partial charge in [-0.1, -0.05) is 39.7 Å². The van der Waals surface area contributed by atoms with Crippen molar-refractivity contribution in [2.45, 2.75) is 24.8 Å². The van der Waals surface area contributed by atoms with Gasteiger partial charge in [0.1, 0.15) is 0 Å². The van der Waals surface area contributed by atoms with Gasteiger partial charge < -0.3 is 5.11 Å². The fraction of sp³-hybridized carbons (Fsp3) is 0.250. The first-order valence-corrected chi connectivity index (χ1v) is 8.97. The van der Waals surface area contributed by atoms with Gasteiger partial charge in [-0.15, -0.1) is 0 Å². The van der Waals surface area contributed by atoms with Crippen molar-refractivity contribution >= 4 is 25.8 Å². The Morgan fingerprint density at radius 1 is 1.10 bits per heavy atom. The van der Waals surface area contributed by atoms with E-state index in [2.05, 4.69) is 15.9 Å². The molecule has 0 aliphatic rings. The molecular weight excluding hydrogens is 352 g/mol. The maximum Gasteiger partial charge on any atom is 0.181 e. The average molecular weight is 369 g/mol. The van der Waals surface area contributed by atoms with Gasteiger partial charge in [-0.3, -0.25) is 0 Å². The van der Waals surface area contributed by atoms with Crippen molar-refractivity contribution in [3.63, 3.8) is 0 Å². The number of hydrogen-bond acceptors (Lipinski definition) is 3. The van der Waals surface area contributed by atoms with Crippen molar-refractivity contribution in [3.8, 4) is 0 Å². The highest BCUT2D eigenvalue weighted by atomic mass is 79.9. The zero-order valence-electron chi connectivity index (χ0n) is 11.9. The average Bonchev–Trinajstić information content (AvgIpc) is 2.41. The number of aliphatic hydroxyl groups excluding tert-OH is 1. The molecule has 2 aromatic rings. The summed E-state index contributed by atoms with van der Waals surface area (Å²) in [5.41, 5.74) is 2.55. The molecule has 1 N–H and O–H groups in total. The van der Waals surface area contributed by atoms with Crippen LogP contribution in [0.3, 0.4) is 0 Å². The fourth-order valence-corrected chi connectivity index (χ4v) is 3.76. The van der Waals surface area contributed by atoms with Crippen LogP contribution in [0.15, 0.2) is 51.8 Å². The van der Waals surface area contributed by atoms with Gasteiger partial charge in [0.15, 0.2) is 9.84 Å². The van der Waals surface area contributed by atoms with E-state index in [0.29, 0.717) is 5.56 Å². The molecular formula is C16H17BrO3S. The van der Waals surface area contributed by atoms with Crippen molar-refractivity contribution in [1.29, 1.82) is 0 Å². The molecule has 0 amide bonds. The van der Waals surface area contributed by atoms with E-state index in [0.717, 1.165) is 15.6 Å². The van der Waals surface area contributed by atoms with Gasteiger partial charge in [0.05, 0.1) is 16.8 Å². The number of sulfone groups is 1.